The largest absolute Gasteiger partial charge is 0.247 e. The standard InChI is InChI=1S/C58H38N4/c1-4-19-38(20-5-1)53-47-30-13-12-29-46(47)52-54(59-53)48-31-14-17-34-51(48)58(52)49-32-15-10-25-42(49)36-45(37-43-26-11-16-33-50(43)58)41-27-18-28-44(35-41)57-61-55(39-21-6-2-7-22-39)60-56(62-57)40-23-8-3-9-24-40/h1-36H,37H2. The van der Waals surface area contributed by atoms with Gasteiger partial charge in [-0.05, 0) is 56.8 Å². The Balaban J connectivity index is 1.08. The summed E-state index contributed by atoms with van der Waals surface area (Å²) in [4.78, 5) is 20.8. The first kappa shape index (κ1) is 35.8. The van der Waals surface area contributed by atoms with Crippen LogP contribution in [0.15, 0.2) is 212 Å². The van der Waals surface area contributed by atoms with Crippen molar-refractivity contribution in [1.82, 2.24) is 19.9 Å². The quantitative estimate of drug-likeness (QED) is 0.174. The van der Waals surface area contributed by atoms with Gasteiger partial charge in [-0.25, -0.2) is 19.9 Å². The van der Waals surface area contributed by atoms with Crippen LogP contribution in [0, 0.1) is 0 Å². The SMILES string of the molecule is C1=C(c2cccc(-c3nc(-c4ccccc4)nc(-c4ccccc4)n3)c2)Cc2ccccc2C2(c3ccccc31)c1ccccc1-c1nc(-c3ccccc3)c3ccccc3c12. The highest BCUT2D eigenvalue weighted by atomic mass is 15.0. The Morgan fingerprint density at radius 3 is 1.58 bits per heavy atom. The van der Waals surface area contributed by atoms with Crippen molar-refractivity contribution in [1.29, 1.82) is 0 Å². The molecule has 1 unspecified atom stereocenters. The molecule has 0 fully saturated rings. The summed E-state index contributed by atoms with van der Waals surface area (Å²) in [7, 11) is 0. The molecule has 8 aromatic carbocycles. The normalized spacial score (nSPS) is 14.9. The smallest absolute Gasteiger partial charge is 0.164 e. The number of nitrogens with zero attached hydrogens (tertiary/aromatic N) is 4. The van der Waals surface area contributed by atoms with E-state index in [4.69, 9.17) is 19.9 Å². The van der Waals surface area contributed by atoms with Crippen LogP contribution in [0.25, 0.3) is 79.1 Å². The van der Waals surface area contributed by atoms with E-state index in [9.17, 15) is 0 Å². The zero-order valence-corrected chi connectivity index (χ0v) is 33.8. The number of pyridine rings is 1. The van der Waals surface area contributed by atoms with Crippen LogP contribution in [0.4, 0.5) is 0 Å². The van der Waals surface area contributed by atoms with Crippen LogP contribution < -0.4 is 0 Å². The maximum absolute atomic E-state index is 5.66. The molecule has 4 heteroatoms. The molecule has 1 spiro atoms. The van der Waals surface area contributed by atoms with Crippen LogP contribution in [0.2, 0.25) is 0 Å². The number of allylic oxidation sites excluding steroid dienone is 1. The van der Waals surface area contributed by atoms with Crippen LogP contribution in [0.3, 0.4) is 0 Å². The number of benzene rings is 8. The minimum atomic E-state index is -0.628. The van der Waals surface area contributed by atoms with Crippen molar-refractivity contribution in [2.24, 2.45) is 0 Å². The molecule has 10 aromatic rings. The lowest BCUT2D eigenvalue weighted by Crippen LogP contribution is -2.32. The molecule has 62 heavy (non-hydrogen) atoms. The zero-order valence-electron chi connectivity index (χ0n) is 33.8. The van der Waals surface area contributed by atoms with Crippen LogP contribution in [-0.4, -0.2) is 19.9 Å². The Kier molecular flexibility index (Phi) is 8.42. The van der Waals surface area contributed by atoms with Gasteiger partial charge in [0, 0.05) is 38.8 Å². The molecule has 12 rings (SSSR count). The van der Waals surface area contributed by atoms with E-state index < -0.39 is 5.41 Å². The molecule has 2 aliphatic rings. The number of hydrogen-bond donors (Lipinski definition) is 0. The molecule has 290 valence electrons. The van der Waals surface area contributed by atoms with Gasteiger partial charge in [-0.3, -0.25) is 0 Å². The van der Waals surface area contributed by atoms with Crippen molar-refractivity contribution in [3.63, 3.8) is 0 Å². The second-order valence-corrected chi connectivity index (χ2v) is 16.1. The van der Waals surface area contributed by atoms with Crippen molar-refractivity contribution in [3.05, 3.63) is 251 Å². The van der Waals surface area contributed by atoms with Gasteiger partial charge in [-0.15, -0.1) is 0 Å². The summed E-state index contributed by atoms with van der Waals surface area (Å²) >= 11 is 0. The number of fused-ring (bicyclic) bond motifs is 11. The minimum Gasteiger partial charge on any atom is -0.247 e. The van der Waals surface area contributed by atoms with Crippen molar-refractivity contribution < 1.29 is 0 Å². The highest BCUT2D eigenvalue weighted by Crippen LogP contribution is 2.60. The van der Waals surface area contributed by atoms with E-state index in [0.29, 0.717) is 17.5 Å². The first-order valence-corrected chi connectivity index (χ1v) is 21.2. The summed E-state index contributed by atoms with van der Waals surface area (Å²) in [5.41, 5.74) is 16.4. The van der Waals surface area contributed by atoms with Crippen molar-refractivity contribution in [3.8, 4) is 56.7 Å². The Morgan fingerprint density at radius 2 is 0.871 bits per heavy atom. The van der Waals surface area contributed by atoms with Gasteiger partial charge in [-0.2, -0.15) is 0 Å². The highest BCUT2D eigenvalue weighted by Gasteiger charge is 2.50. The zero-order chi connectivity index (χ0) is 41.0. The first-order valence-electron chi connectivity index (χ1n) is 21.2. The Labute approximate surface area is 360 Å². The molecule has 0 amide bonds. The Hall–Kier alpha value is -8.08. The highest BCUT2D eigenvalue weighted by molar-refractivity contribution is 6.05. The van der Waals surface area contributed by atoms with E-state index in [-0.39, 0.29) is 0 Å². The van der Waals surface area contributed by atoms with Gasteiger partial charge in [0.05, 0.1) is 16.8 Å². The Morgan fingerprint density at radius 1 is 0.355 bits per heavy atom. The molecular weight excluding hydrogens is 753 g/mol. The average molecular weight is 791 g/mol. The van der Waals surface area contributed by atoms with E-state index >= 15 is 0 Å². The van der Waals surface area contributed by atoms with E-state index in [2.05, 4.69) is 158 Å². The van der Waals surface area contributed by atoms with E-state index in [1.54, 1.807) is 0 Å². The summed E-state index contributed by atoms with van der Waals surface area (Å²) in [6, 6.07) is 75.5. The molecule has 2 aliphatic carbocycles. The molecule has 0 saturated carbocycles. The fraction of sp³-hybridized carbons (Fsp3) is 0.0345. The predicted octanol–water partition coefficient (Wildman–Crippen LogP) is 13.5. The van der Waals surface area contributed by atoms with Crippen LogP contribution in [-0.2, 0) is 11.8 Å². The molecule has 0 aliphatic heterocycles. The topological polar surface area (TPSA) is 51.6 Å². The predicted molar refractivity (Wildman–Crippen MR) is 252 cm³/mol. The van der Waals surface area contributed by atoms with Crippen molar-refractivity contribution in [2.75, 3.05) is 0 Å². The summed E-state index contributed by atoms with van der Waals surface area (Å²) in [5, 5.41) is 2.37. The van der Waals surface area contributed by atoms with Crippen molar-refractivity contribution >= 4 is 22.4 Å². The third-order valence-corrected chi connectivity index (χ3v) is 12.6. The molecule has 0 N–H and O–H groups in total. The molecular formula is C58H38N4. The maximum atomic E-state index is 5.66. The molecule has 4 nitrogen and oxygen atoms in total. The second-order valence-electron chi connectivity index (χ2n) is 16.1. The van der Waals surface area contributed by atoms with Gasteiger partial charge in [-0.1, -0.05) is 212 Å². The fourth-order valence-electron chi connectivity index (χ4n) is 9.94. The van der Waals surface area contributed by atoms with Gasteiger partial charge in [0.15, 0.2) is 17.5 Å². The van der Waals surface area contributed by atoms with Crippen LogP contribution in [0.5, 0.6) is 0 Å². The summed E-state index contributed by atoms with van der Waals surface area (Å²) in [5.74, 6) is 1.93. The maximum Gasteiger partial charge on any atom is 0.164 e. The Bertz CT molecular complexity index is 3320. The van der Waals surface area contributed by atoms with E-state index in [1.165, 1.54) is 49.9 Å². The monoisotopic (exact) mass is 790 g/mol. The summed E-state index contributed by atoms with van der Waals surface area (Å²) < 4.78 is 0. The average Bonchev–Trinajstić information content (AvgIpc) is 3.65. The molecule has 0 bridgehead atoms. The number of rotatable bonds is 5. The third kappa shape index (κ3) is 5.68. The number of aromatic nitrogens is 4. The molecule has 0 radical (unpaired) electrons. The lowest BCUT2D eigenvalue weighted by atomic mass is 9.63. The number of hydrogen-bond acceptors (Lipinski definition) is 4. The molecule has 1 atom stereocenters. The van der Waals surface area contributed by atoms with Gasteiger partial charge in [0.2, 0.25) is 0 Å². The molecule has 0 saturated heterocycles. The van der Waals surface area contributed by atoms with Gasteiger partial charge in [0.1, 0.15) is 0 Å². The minimum absolute atomic E-state index is 0.628. The van der Waals surface area contributed by atoms with Gasteiger partial charge >= 0.3 is 0 Å². The molecule has 2 heterocycles. The second kappa shape index (κ2) is 14.6. The summed E-state index contributed by atoms with van der Waals surface area (Å²) in [6.45, 7) is 0. The first-order chi connectivity index (χ1) is 30.7. The lowest BCUT2D eigenvalue weighted by molar-refractivity contribution is 0.759. The van der Waals surface area contributed by atoms with Crippen LogP contribution >= 0.6 is 0 Å². The third-order valence-electron chi connectivity index (χ3n) is 12.6. The van der Waals surface area contributed by atoms with Gasteiger partial charge < -0.3 is 0 Å². The summed E-state index contributed by atoms with van der Waals surface area (Å²) in [6.07, 6.45) is 3.14. The van der Waals surface area contributed by atoms with Gasteiger partial charge in [0.25, 0.3) is 0 Å². The lowest BCUT2D eigenvalue weighted by Gasteiger charge is -2.38. The fourth-order valence-corrected chi connectivity index (χ4v) is 9.94. The van der Waals surface area contributed by atoms with E-state index in [0.717, 1.165) is 51.0 Å². The van der Waals surface area contributed by atoms with E-state index in [1.807, 2.05) is 60.7 Å². The molecule has 2 aromatic heterocycles. The van der Waals surface area contributed by atoms with Crippen molar-refractivity contribution in [2.45, 2.75) is 11.8 Å². The van der Waals surface area contributed by atoms with Crippen LogP contribution in [0.1, 0.15) is 38.9 Å².